The molecule has 7 heteroatoms. The molecule has 27 heavy (non-hydrogen) atoms. The van der Waals surface area contributed by atoms with E-state index < -0.39 is 0 Å². The Morgan fingerprint density at radius 2 is 1.81 bits per heavy atom. The number of hydrogen-bond donors (Lipinski definition) is 1. The highest BCUT2D eigenvalue weighted by Crippen LogP contribution is 2.36. The van der Waals surface area contributed by atoms with Crippen molar-refractivity contribution in [3.05, 3.63) is 62.5 Å². The molecule has 1 heterocycles. The van der Waals surface area contributed by atoms with Crippen LogP contribution in [0.5, 0.6) is 5.75 Å². The first-order valence-electron chi connectivity index (χ1n) is 8.50. The summed E-state index contributed by atoms with van der Waals surface area (Å²) in [4.78, 5) is 17.3. The van der Waals surface area contributed by atoms with Gasteiger partial charge in [-0.25, -0.2) is 4.99 Å². The highest BCUT2D eigenvalue weighted by molar-refractivity contribution is 8.18. The van der Waals surface area contributed by atoms with Crippen LogP contribution in [0.25, 0.3) is 6.08 Å². The number of rotatable bonds is 5. The monoisotopic (exact) mass is 420 g/mol. The van der Waals surface area contributed by atoms with Gasteiger partial charge in [-0.1, -0.05) is 42.3 Å². The molecular weight excluding hydrogens is 403 g/mol. The number of benzene rings is 2. The Bertz CT molecular complexity index is 901. The molecule has 140 valence electrons. The quantitative estimate of drug-likeness (QED) is 0.617. The largest absolute Gasteiger partial charge is 0.491 e. The van der Waals surface area contributed by atoms with Gasteiger partial charge in [-0.15, -0.1) is 0 Å². The number of aliphatic imine (C=N–C) groups is 1. The Balaban J connectivity index is 1.81. The molecule has 1 amide bonds. The molecule has 0 unspecified atom stereocenters. The molecule has 0 spiro atoms. The SMILES string of the molecule is CCOc1c(Cl)cc(/C=C2\SC(=Nc3ccc(CC)cc3)NC2=O)cc1Cl. The third-order valence-corrected chi connectivity index (χ3v) is 5.30. The molecule has 0 radical (unpaired) electrons. The minimum atomic E-state index is -0.204. The number of thioether (sulfide) groups is 1. The van der Waals surface area contributed by atoms with E-state index in [2.05, 4.69) is 17.2 Å². The number of ether oxygens (including phenoxy) is 1. The maximum absolute atomic E-state index is 12.2. The summed E-state index contributed by atoms with van der Waals surface area (Å²) in [6, 6.07) is 11.4. The van der Waals surface area contributed by atoms with Crippen LogP contribution in [-0.2, 0) is 11.2 Å². The van der Waals surface area contributed by atoms with Crippen molar-refractivity contribution < 1.29 is 9.53 Å². The van der Waals surface area contributed by atoms with Crippen LogP contribution in [0.15, 0.2) is 46.3 Å². The van der Waals surface area contributed by atoms with Crippen molar-refractivity contribution in [2.24, 2.45) is 4.99 Å². The average molecular weight is 421 g/mol. The smallest absolute Gasteiger partial charge is 0.264 e. The second-order valence-electron chi connectivity index (χ2n) is 5.75. The zero-order chi connectivity index (χ0) is 19.4. The normalized spacial score (nSPS) is 16.8. The lowest BCUT2D eigenvalue weighted by Crippen LogP contribution is -2.19. The first-order valence-corrected chi connectivity index (χ1v) is 10.1. The highest BCUT2D eigenvalue weighted by Gasteiger charge is 2.24. The summed E-state index contributed by atoms with van der Waals surface area (Å²) in [7, 11) is 0. The maximum Gasteiger partial charge on any atom is 0.264 e. The first-order chi connectivity index (χ1) is 13.0. The standard InChI is InChI=1S/C20H18Cl2N2O2S/c1-3-12-5-7-14(8-6-12)23-20-24-19(25)17(27-20)11-13-9-15(21)18(26-4-2)16(22)10-13/h5-11H,3-4H2,1-2H3,(H,23,24,25)/b17-11-. The predicted octanol–water partition coefficient (Wildman–Crippen LogP) is 5.85. The van der Waals surface area contributed by atoms with Crippen molar-refractivity contribution in [3.8, 4) is 5.75 Å². The third-order valence-electron chi connectivity index (χ3n) is 3.83. The van der Waals surface area contributed by atoms with Gasteiger partial charge in [-0.05, 0) is 66.6 Å². The summed E-state index contributed by atoms with van der Waals surface area (Å²) in [5.41, 5.74) is 2.76. The number of carbonyl (C=O) groups is 1. The topological polar surface area (TPSA) is 50.7 Å². The van der Waals surface area contributed by atoms with E-state index in [0.29, 0.717) is 32.5 Å². The summed E-state index contributed by atoms with van der Waals surface area (Å²) < 4.78 is 5.43. The molecule has 0 atom stereocenters. The van der Waals surface area contributed by atoms with Gasteiger partial charge in [0.1, 0.15) is 0 Å². The molecule has 1 fully saturated rings. The number of amidine groups is 1. The van der Waals surface area contributed by atoms with E-state index in [-0.39, 0.29) is 5.91 Å². The lowest BCUT2D eigenvalue weighted by atomic mass is 10.2. The molecule has 1 aliphatic rings. The molecular formula is C20H18Cl2N2O2S. The van der Waals surface area contributed by atoms with Crippen molar-refractivity contribution in [3.63, 3.8) is 0 Å². The Hall–Kier alpha value is -1.95. The Morgan fingerprint density at radius 3 is 2.41 bits per heavy atom. The van der Waals surface area contributed by atoms with Crippen LogP contribution in [0, 0.1) is 0 Å². The average Bonchev–Trinajstić information content (AvgIpc) is 2.98. The maximum atomic E-state index is 12.2. The van der Waals surface area contributed by atoms with E-state index >= 15 is 0 Å². The molecule has 3 rings (SSSR count). The number of aryl methyl sites for hydroxylation is 1. The number of halogens is 2. The van der Waals surface area contributed by atoms with Gasteiger partial charge < -0.3 is 10.1 Å². The summed E-state index contributed by atoms with van der Waals surface area (Å²) in [6.07, 6.45) is 2.71. The number of hydrogen-bond acceptors (Lipinski definition) is 4. The van der Waals surface area contributed by atoms with E-state index in [0.717, 1.165) is 17.7 Å². The molecule has 2 aromatic rings. The van der Waals surface area contributed by atoms with Gasteiger partial charge in [-0.3, -0.25) is 4.79 Å². The number of carbonyl (C=O) groups excluding carboxylic acids is 1. The molecule has 0 saturated carbocycles. The van der Waals surface area contributed by atoms with Gasteiger partial charge >= 0.3 is 0 Å². The van der Waals surface area contributed by atoms with Gasteiger partial charge in [0.05, 0.1) is 27.2 Å². The molecule has 1 saturated heterocycles. The fourth-order valence-electron chi connectivity index (χ4n) is 2.50. The Kier molecular flexibility index (Phi) is 6.47. The second-order valence-corrected chi connectivity index (χ2v) is 7.59. The van der Waals surface area contributed by atoms with Crippen LogP contribution >= 0.6 is 35.0 Å². The van der Waals surface area contributed by atoms with Crippen LogP contribution in [0.4, 0.5) is 5.69 Å². The summed E-state index contributed by atoms with van der Waals surface area (Å²) >= 11 is 13.7. The summed E-state index contributed by atoms with van der Waals surface area (Å²) in [5, 5.41) is 4.13. The van der Waals surface area contributed by atoms with Crippen molar-refractivity contribution >= 4 is 57.8 Å². The highest BCUT2D eigenvalue weighted by atomic mass is 35.5. The molecule has 0 aromatic heterocycles. The van der Waals surface area contributed by atoms with Crippen molar-refractivity contribution in [2.75, 3.05) is 6.61 Å². The van der Waals surface area contributed by atoms with Crippen molar-refractivity contribution in [2.45, 2.75) is 20.3 Å². The second kappa shape index (κ2) is 8.83. The van der Waals surface area contributed by atoms with Crippen LogP contribution < -0.4 is 10.1 Å². The van der Waals surface area contributed by atoms with E-state index in [4.69, 9.17) is 27.9 Å². The Morgan fingerprint density at radius 1 is 1.15 bits per heavy atom. The molecule has 1 N–H and O–H groups in total. The summed E-state index contributed by atoms with van der Waals surface area (Å²) in [6.45, 7) is 4.43. The minimum absolute atomic E-state index is 0.204. The van der Waals surface area contributed by atoms with Crippen molar-refractivity contribution in [1.82, 2.24) is 5.32 Å². The predicted molar refractivity (Wildman–Crippen MR) is 114 cm³/mol. The van der Waals surface area contributed by atoms with Gasteiger partial charge in [-0.2, -0.15) is 0 Å². The first kappa shape index (κ1) is 19.8. The van der Waals surface area contributed by atoms with E-state index in [1.54, 1.807) is 18.2 Å². The number of nitrogens with one attached hydrogen (secondary N) is 1. The zero-order valence-electron chi connectivity index (χ0n) is 14.9. The van der Waals surface area contributed by atoms with Gasteiger partial charge in [0.2, 0.25) is 0 Å². The fourth-order valence-corrected chi connectivity index (χ4v) is 3.96. The van der Waals surface area contributed by atoms with Crippen LogP contribution in [0.2, 0.25) is 10.0 Å². The van der Waals surface area contributed by atoms with E-state index in [9.17, 15) is 4.79 Å². The van der Waals surface area contributed by atoms with Crippen LogP contribution in [0.3, 0.4) is 0 Å². The summed E-state index contributed by atoms with van der Waals surface area (Å²) in [5.74, 6) is 0.245. The zero-order valence-corrected chi connectivity index (χ0v) is 17.2. The fraction of sp³-hybridized carbons (Fsp3) is 0.200. The van der Waals surface area contributed by atoms with Crippen LogP contribution in [0.1, 0.15) is 25.0 Å². The van der Waals surface area contributed by atoms with Gasteiger partial charge in [0.15, 0.2) is 10.9 Å². The molecule has 0 bridgehead atoms. The lowest BCUT2D eigenvalue weighted by Gasteiger charge is -2.08. The van der Waals surface area contributed by atoms with E-state index in [1.165, 1.54) is 17.3 Å². The number of nitrogens with zero attached hydrogens (tertiary/aromatic N) is 1. The van der Waals surface area contributed by atoms with Gasteiger partial charge in [0, 0.05) is 0 Å². The molecule has 0 aliphatic carbocycles. The van der Waals surface area contributed by atoms with Gasteiger partial charge in [0.25, 0.3) is 5.91 Å². The number of amides is 1. The van der Waals surface area contributed by atoms with E-state index in [1.807, 2.05) is 31.2 Å². The Labute approximate surface area is 172 Å². The molecule has 2 aromatic carbocycles. The minimum Gasteiger partial charge on any atom is -0.491 e. The van der Waals surface area contributed by atoms with Crippen molar-refractivity contribution in [1.29, 1.82) is 0 Å². The molecule has 1 aliphatic heterocycles. The van der Waals surface area contributed by atoms with Crippen LogP contribution in [-0.4, -0.2) is 17.7 Å². The lowest BCUT2D eigenvalue weighted by molar-refractivity contribution is -0.115. The third kappa shape index (κ3) is 4.86. The molecule has 4 nitrogen and oxygen atoms in total.